The Morgan fingerprint density at radius 1 is 1.27 bits per heavy atom. The summed E-state index contributed by atoms with van der Waals surface area (Å²) in [4.78, 5) is 11.9. The van der Waals surface area contributed by atoms with E-state index in [0.29, 0.717) is 0 Å². The maximum atomic E-state index is 12.6. The minimum Gasteiger partial charge on any atom is -0.466 e. The second kappa shape index (κ2) is 5.84. The lowest BCUT2D eigenvalue weighted by Gasteiger charge is -2.21. The van der Waals surface area contributed by atoms with Crippen molar-refractivity contribution in [2.75, 3.05) is 6.54 Å². The molecule has 0 saturated carbocycles. The van der Waals surface area contributed by atoms with E-state index >= 15 is 0 Å². The van der Waals surface area contributed by atoms with Crippen LogP contribution in [0.5, 0.6) is 0 Å². The number of hydrogen-bond acceptors (Lipinski definition) is 3. The first-order valence-corrected chi connectivity index (χ1v) is 6.42. The van der Waals surface area contributed by atoms with Gasteiger partial charge in [0.1, 0.15) is 11.4 Å². The smallest absolute Gasteiger partial charge is 0.416 e. The van der Waals surface area contributed by atoms with E-state index in [4.69, 9.17) is 4.42 Å². The first kappa shape index (κ1) is 16.1. The number of amides is 1. The summed E-state index contributed by atoms with van der Waals surface area (Å²) in [5, 5.41) is 12.6. The number of furan rings is 1. The van der Waals surface area contributed by atoms with Crippen molar-refractivity contribution in [3.05, 3.63) is 59.5 Å². The molecule has 0 bridgehead atoms. The van der Waals surface area contributed by atoms with Crippen LogP contribution in [0.3, 0.4) is 0 Å². The highest BCUT2D eigenvalue weighted by Crippen LogP contribution is 2.29. The molecule has 22 heavy (non-hydrogen) atoms. The number of nitrogens with one attached hydrogen (secondary N) is 1. The van der Waals surface area contributed by atoms with Gasteiger partial charge in [-0.15, -0.1) is 0 Å². The van der Waals surface area contributed by atoms with Crippen LogP contribution in [0, 0.1) is 0 Å². The summed E-state index contributed by atoms with van der Waals surface area (Å²) in [5.74, 6) is -0.463. The van der Waals surface area contributed by atoms with Gasteiger partial charge in [0.2, 0.25) is 0 Å². The van der Waals surface area contributed by atoms with Crippen molar-refractivity contribution >= 4 is 5.91 Å². The molecule has 0 aliphatic heterocycles. The summed E-state index contributed by atoms with van der Waals surface area (Å²) >= 11 is 0. The van der Waals surface area contributed by atoms with Gasteiger partial charge in [0.05, 0.1) is 18.4 Å². The number of hydrogen-bond donors (Lipinski definition) is 2. The van der Waals surface area contributed by atoms with Crippen LogP contribution in [-0.2, 0) is 11.8 Å². The third-order valence-corrected chi connectivity index (χ3v) is 3.10. The Bertz CT molecular complexity index is 648. The zero-order chi connectivity index (χ0) is 16.4. The van der Waals surface area contributed by atoms with Gasteiger partial charge in [-0.25, -0.2) is 0 Å². The summed E-state index contributed by atoms with van der Waals surface area (Å²) in [6.45, 7) is 1.23. The van der Waals surface area contributed by atoms with Crippen LogP contribution in [0.1, 0.15) is 28.6 Å². The molecular weight excluding hydrogens is 299 g/mol. The van der Waals surface area contributed by atoms with E-state index in [1.54, 1.807) is 6.07 Å². The molecule has 0 aliphatic carbocycles. The van der Waals surface area contributed by atoms with E-state index in [9.17, 15) is 23.1 Å². The molecule has 1 aromatic heterocycles. The molecule has 0 aliphatic rings. The Kier molecular flexibility index (Phi) is 4.27. The Balaban J connectivity index is 2.07. The first-order valence-electron chi connectivity index (χ1n) is 6.42. The standard InChI is InChI=1S/C15H14F3NO3/c1-14(21,12-6-3-7-22-12)9-19-13(20)10-4-2-5-11(8-10)15(16,17)18/h2-8,21H,9H2,1H3,(H,19,20)/t14-/m0/s1. The van der Waals surface area contributed by atoms with Gasteiger partial charge in [0.25, 0.3) is 5.91 Å². The number of carbonyl (C=O) groups excluding carboxylic acids is 1. The lowest BCUT2D eigenvalue weighted by atomic mass is 10.0. The average Bonchev–Trinajstić information content (AvgIpc) is 2.99. The molecule has 2 aromatic rings. The van der Waals surface area contributed by atoms with Gasteiger partial charge < -0.3 is 14.8 Å². The molecule has 1 aromatic carbocycles. The van der Waals surface area contributed by atoms with Crippen LogP contribution >= 0.6 is 0 Å². The fraction of sp³-hybridized carbons (Fsp3) is 0.267. The van der Waals surface area contributed by atoms with Crippen molar-refractivity contribution in [3.8, 4) is 0 Å². The van der Waals surface area contributed by atoms with Crippen LogP contribution in [0.2, 0.25) is 0 Å². The topological polar surface area (TPSA) is 62.5 Å². The monoisotopic (exact) mass is 313 g/mol. The second-order valence-electron chi connectivity index (χ2n) is 5.01. The zero-order valence-corrected chi connectivity index (χ0v) is 11.6. The van der Waals surface area contributed by atoms with Crippen molar-refractivity contribution in [2.45, 2.75) is 18.7 Å². The molecule has 0 saturated heterocycles. The van der Waals surface area contributed by atoms with Gasteiger partial charge in [-0.2, -0.15) is 13.2 Å². The lowest BCUT2D eigenvalue weighted by molar-refractivity contribution is -0.137. The Labute approximate surface area is 124 Å². The van der Waals surface area contributed by atoms with E-state index in [1.165, 1.54) is 25.3 Å². The third-order valence-electron chi connectivity index (χ3n) is 3.10. The van der Waals surface area contributed by atoms with Crippen molar-refractivity contribution in [1.82, 2.24) is 5.32 Å². The maximum absolute atomic E-state index is 12.6. The minimum atomic E-state index is -4.52. The highest BCUT2D eigenvalue weighted by molar-refractivity contribution is 5.94. The largest absolute Gasteiger partial charge is 0.466 e. The summed E-state index contributed by atoms with van der Waals surface area (Å²) < 4.78 is 42.9. The van der Waals surface area contributed by atoms with Crippen LogP contribution < -0.4 is 5.32 Å². The van der Waals surface area contributed by atoms with E-state index in [-0.39, 0.29) is 17.9 Å². The minimum absolute atomic E-state index is 0.134. The molecule has 2 N–H and O–H groups in total. The summed E-state index contributed by atoms with van der Waals surface area (Å²) in [6, 6.07) is 7.19. The van der Waals surface area contributed by atoms with Gasteiger partial charge >= 0.3 is 6.18 Å². The zero-order valence-electron chi connectivity index (χ0n) is 11.6. The van der Waals surface area contributed by atoms with Crippen molar-refractivity contribution in [1.29, 1.82) is 0 Å². The van der Waals surface area contributed by atoms with Crippen LogP contribution in [0.4, 0.5) is 13.2 Å². The fourth-order valence-electron chi connectivity index (χ4n) is 1.86. The fourth-order valence-corrected chi connectivity index (χ4v) is 1.86. The molecule has 0 fully saturated rings. The molecule has 0 spiro atoms. The number of benzene rings is 1. The quantitative estimate of drug-likeness (QED) is 0.912. The van der Waals surface area contributed by atoms with Crippen molar-refractivity contribution in [3.63, 3.8) is 0 Å². The molecule has 118 valence electrons. The van der Waals surface area contributed by atoms with E-state index in [1.807, 2.05) is 0 Å². The molecule has 7 heteroatoms. The van der Waals surface area contributed by atoms with Gasteiger partial charge in [-0.1, -0.05) is 6.07 Å². The molecule has 4 nitrogen and oxygen atoms in total. The summed E-state index contributed by atoms with van der Waals surface area (Å²) in [7, 11) is 0. The predicted octanol–water partition coefficient (Wildman–Crippen LogP) is 2.94. The second-order valence-corrected chi connectivity index (χ2v) is 5.01. The van der Waals surface area contributed by atoms with Crippen LogP contribution in [0.25, 0.3) is 0 Å². The van der Waals surface area contributed by atoms with E-state index in [2.05, 4.69) is 5.32 Å². The highest BCUT2D eigenvalue weighted by Gasteiger charge is 2.31. The van der Waals surface area contributed by atoms with E-state index in [0.717, 1.165) is 18.2 Å². The predicted molar refractivity (Wildman–Crippen MR) is 72.1 cm³/mol. The number of rotatable bonds is 4. The summed E-state index contributed by atoms with van der Waals surface area (Å²) in [6.07, 6.45) is -3.14. The number of halogens is 3. The molecule has 1 atom stereocenters. The van der Waals surface area contributed by atoms with Crippen LogP contribution in [0.15, 0.2) is 47.1 Å². The van der Waals surface area contributed by atoms with E-state index < -0.39 is 23.2 Å². The molecule has 1 amide bonds. The molecule has 0 radical (unpaired) electrons. The molecule has 1 heterocycles. The van der Waals surface area contributed by atoms with Crippen molar-refractivity contribution < 1.29 is 27.5 Å². The van der Waals surface area contributed by atoms with Crippen molar-refractivity contribution in [2.24, 2.45) is 0 Å². The Hall–Kier alpha value is -2.28. The number of carbonyl (C=O) groups is 1. The van der Waals surface area contributed by atoms with Gasteiger partial charge in [0, 0.05) is 5.56 Å². The normalized spacial score (nSPS) is 14.4. The lowest BCUT2D eigenvalue weighted by Crippen LogP contribution is -2.38. The van der Waals surface area contributed by atoms with Gasteiger partial charge in [-0.3, -0.25) is 4.79 Å². The first-order chi connectivity index (χ1) is 10.2. The maximum Gasteiger partial charge on any atom is 0.416 e. The van der Waals surface area contributed by atoms with Crippen LogP contribution in [-0.4, -0.2) is 17.6 Å². The molecule has 0 unspecified atom stereocenters. The summed E-state index contributed by atoms with van der Waals surface area (Å²) in [5.41, 5.74) is -2.50. The Morgan fingerprint density at radius 3 is 2.59 bits per heavy atom. The molecular formula is C15H14F3NO3. The van der Waals surface area contributed by atoms with Gasteiger partial charge in [-0.05, 0) is 37.3 Å². The number of alkyl halides is 3. The average molecular weight is 313 g/mol. The van der Waals surface area contributed by atoms with Gasteiger partial charge in [0.15, 0.2) is 0 Å². The number of aliphatic hydroxyl groups is 1. The third kappa shape index (κ3) is 3.67. The SMILES string of the molecule is C[C@](O)(CNC(=O)c1cccc(C(F)(F)F)c1)c1ccco1. The highest BCUT2D eigenvalue weighted by atomic mass is 19.4. The molecule has 2 rings (SSSR count). The Morgan fingerprint density at radius 2 is 2.00 bits per heavy atom.